The first-order valence-corrected chi connectivity index (χ1v) is 15.4. The molecule has 6 nitrogen and oxygen atoms in total. The number of aromatic nitrogens is 2. The van der Waals surface area contributed by atoms with Gasteiger partial charge >= 0.3 is 6.18 Å². The largest absolute Gasteiger partial charge is 0.416 e. The predicted octanol–water partition coefficient (Wildman–Crippen LogP) is 8.09. The monoisotopic (exact) mass is 626 g/mol. The molecule has 1 aliphatic rings. The molecule has 228 valence electrons. The Labute approximate surface area is 262 Å². The number of benzene rings is 3. The topological polar surface area (TPSA) is 66.4 Å². The van der Waals surface area contributed by atoms with Crippen LogP contribution in [-0.2, 0) is 12.7 Å². The maximum Gasteiger partial charge on any atom is 0.416 e. The number of piperidine rings is 1. The van der Waals surface area contributed by atoms with E-state index in [1.807, 2.05) is 36.4 Å². The fraction of sp³-hybridized carbons (Fsp3) is 0.200. The van der Waals surface area contributed by atoms with E-state index in [2.05, 4.69) is 4.98 Å². The Balaban J connectivity index is 1.13. The van der Waals surface area contributed by atoms with E-state index in [1.165, 1.54) is 23.5 Å². The lowest BCUT2D eigenvalue weighted by atomic mass is 9.94. The van der Waals surface area contributed by atoms with E-state index in [4.69, 9.17) is 4.98 Å². The number of carbonyl (C=O) groups excluding carboxylic acids is 2. The molecule has 0 spiro atoms. The zero-order valence-electron chi connectivity index (χ0n) is 24.2. The van der Waals surface area contributed by atoms with E-state index in [0.717, 1.165) is 22.7 Å². The first kappa shape index (κ1) is 30.2. The van der Waals surface area contributed by atoms with Gasteiger partial charge in [0.1, 0.15) is 11.5 Å². The zero-order valence-corrected chi connectivity index (χ0v) is 25.0. The maximum absolute atomic E-state index is 13.7. The van der Waals surface area contributed by atoms with Gasteiger partial charge in [-0.2, -0.15) is 13.2 Å². The van der Waals surface area contributed by atoms with Gasteiger partial charge in [0, 0.05) is 36.1 Å². The quantitative estimate of drug-likeness (QED) is 0.183. The molecule has 3 heterocycles. The Morgan fingerprint density at radius 2 is 1.56 bits per heavy atom. The van der Waals surface area contributed by atoms with Crippen molar-refractivity contribution in [2.45, 2.75) is 31.5 Å². The second-order valence-corrected chi connectivity index (χ2v) is 11.7. The molecule has 0 aliphatic carbocycles. The number of hydrogen-bond donors (Lipinski definition) is 0. The minimum absolute atomic E-state index is 0.100. The van der Waals surface area contributed by atoms with Gasteiger partial charge in [0.15, 0.2) is 0 Å². The molecule has 0 bridgehead atoms. The molecule has 0 atom stereocenters. The van der Waals surface area contributed by atoms with Crippen LogP contribution >= 0.6 is 11.3 Å². The molecule has 2 aromatic heterocycles. The number of likely N-dealkylation sites (tertiary alicyclic amines) is 1. The van der Waals surface area contributed by atoms with Crippen LogP contribution in [0.25, 0.3) is 11.1 Å². The third kappa shape index (κ3) is 6.81. The van der Waals surface area contributed by atoms with E-state index in [-0.39, 0.29) is 17.7 Å². The van der Waals surface area contributed by atoms with Gasteiger partial charge in [-0.25, -0.2) is 9.97 Å². The summed E-state index contributed by atoms with van der Waals surface area (Å²) in [6.45, 7) is 1.36. The van der Waals surface area contributed by atoms with E-state index >= 15 is 0 Å². The van der Waals surface area contributed by atoms with E-state index < -0.39 is 11.7 Å². The van der Waals surface area contributed by atoms with Gasteiger partial charge in [0.2, 0.25) is 0 Å². The smallest absolute Gasteiger partial charge is 0.339 e. The average molecular weight is 627 g/mol. The first-order valence-electron chi connectivity index (χ1n) is 14.6. The number of carbonyl (C=O) groups is 2. The van der Waals surface area contributed by atoms with E-state index in [0.29, 0.717) is 60.7 Å². The van der Waals surface area contributed by atoms with Crippen molar-refractivity contribution in [3.8, 4) is 11.1 Å². The van der Waals surface area contributed by atoms with Crippen LogP contribution in [0.4, 0.5) is 19.0 Å². The minimum atomic E-state index is -4.43. The highest BCUT2D eigenvalue weighted by Crippen LogP contribution is 2.34. The van der Waals surface area contributed by atoms with Gasteiger partial charge < -0.3 is 4.90 Å². The standard InChI is InChI=1S/C35H29F3N4O2S/c36-35(37,38)27-15-13-25(14-16-27)28-10-4-5-11-29(28)33(43)41-20-17-26(18-21-41)32-40-30(23-45-32)34(44)42(31-12-6-7-19-39-31)22-24-8-2-1-3-9-24/h1-16,19,23,26H,17-18,20-22H2. The maximum atomic E-state index is 13.7. The van der Waals surface area contributed by atoms with Crippen molar-refractivity contribution >= 4 is 29.0 Å². The highest BCUT2D eigenvalue weighted by atomic mass is 32.1. The summed E-state index contributed by atoms with van der Waals surface area (Å²) in [7, 11) is 0. The number of rotatable bonds is 7. The van der Waals surface area contributed by atoms with Crippen LogP contribution in [0.15, 0.2) is 109 Å². The average Bonchev–Trinajstić information content (AvgIpc) is 3.58. The van der Waals surface area contributed by atoms with Crippen molar-refractivity contribution in [3.63, 3.8) is 0 Å². The Kier molecular flexibility index (Phi) is 8.75. The molecular formula is C35H29F3N4O2S. The lowest BCUT2D eigenvalue weighted by Gasteiger charge is -2.31. The molecule has 1 aliphatic heterocycles. The number of anilines is 1. The van der Waals surface area contributed by atoms with Crippen molar-refractivity contribution in [1.29, 1.82) is 0 Å². The second-order valence-electron chi connectivity index (χ2n) is 10.8. The van der Waals surface area contributed by atoms with Crippen molar-refractivity contribution in [2.24, 2.45) is 0 Å². The molecule has 10 heteroatoms. The third-order valence-electron chi connectivity index (χ3n) is 7.91. The number of pyridine rings is 1. The van der Waals surface area contributed by atoms with Crippen molar-refractivity contribution in [3.05, 3.63) is 136 Å². The third-order valence-corrected chi connectivity index (χ3v) is 8.91. The van der Waals surface area contributed by atoms with Crippen LogP contribution in [0.2, 0.25) is 0 Å². The summed E-state index contributed by atoms with van der Waals surface area (Å²) >= 11 is 1.45. The van der Waals surface area contributed by atoms with Crippen LogP contribution in [-0.4, -0.2) is 39.8 Å². The lowest BCUT2D eigenvalue weighted by Crippen LogP contribution is -2.38. The first-order chi connectivity index (χ1) is 21.8. The molecule has 2 amide bonds. The van der Waals surface area contributed by atoms with Gasteiger partial charge in [-0.15, -0.1) is 11.3 Å². The van der Waals surface area contributed by atoms with Crippen LogP contribution in [0.5, 0.6) is 0 Å². The molecule has 0 unspecified atom stereocenters. The fourth-order valence-corrected chi connectivity index (χ4v) is 6.47. The number of alkyl halides is 3. The van der Waals surface area contributed by atoms with E-state index in [1.54, 1.807) is 57.8 Å². The van der Waals surface area contributed by atoms with Gasteiger partial charge in [0.05, 0.1) is 17.1 Å². The summed E-state index contributed by atoms with van der Waals surface area (Å²) in [5.74, 6) is 0.255. The highest BCUT2D eigenvalue weighted by molar-refractivity contribution is 7.10. The summed E-state index contributed by atoms with van der Waals surface area (Å²) < 4.78 is 39.2. The molecule has 0 N–H and O–H groups in total. The summed E-state index contributed by atoms with van der Waals surface area (Å²) in [6, 6.07) is 27.0. The summed E-state index contributed by atoms with van der Waals surface area (Å²) in [6.07, 6.45) is -1.40. The van der Waals surface area contributed by atoms with Crippen molar-refractivity contribution in [2.75, 3.05) is 18.0 Å². The van der Waals surface area contributed by atoms with Crippen LogP contribution in [0.1, 0.15) is 55.7 Å². The SMILES string of the molecule is O=C(c1ccccc1-c1ccc(C(F)(F)F)cc1)N1CCC(c2nc(C(=O)N(Cc3ccccc3)c3ccccn3)cs2)CC1. The Morgan fingerprint density at radius 1 is 0.867 bits per heavy atom. The molecule has 45 heavy (non-hydrogen) atoms. The normalized spacial score (nSPS) is 13.9. The van der Waals surface area contributed by atoms with Crippen LogP contribution in [0.3, 0.4) is 0 Å². The van der Waals surface area contributed by atoms with Gasteiger partial charge in [-0.1, -0.05) is 66.7 Å². The molecule has 1 saturated heterocycles. The Morgan fingerprint density at radius 3 is 2.24 bits per heavy atom. The van der Waals surface area contributed by atoms with Crippen molar-refractivity contribution in [1.82, 2.24) is 14.9 Å². The van der Waals surface area contributed by atoms with Crippen LogP contribution in [0, 0.1) is 0 Å². The molecule has 5 aromatic rings. The summed E-state index contributed by atoms with van der Waals surface area (Å²) in [5, 5.41) is 2.65. The number of amides is 2. The molecule has 6 rings (SSSR count). The predicted molar refractivity (Wildman–Crippen MR) is 168 cm³/mol. The molecule has 0 saturated carbocycles. The molecule has 0 radical (unpaired) electrons. The molecule has 3 aromatic carbocycles. The number of hydrogen-bond acceptors (Lipinski definition) is 5. The second kappa shape index (κ2) is 13.0. The summed E-state index contributed by atoms with van der Waals surface area (Å²) in [5.41, 5.74) is 2.20. The minimum Gasteiger partial charge on any atom is -0.339 e. The Hall–Kier alpha value is -4.83. The van der Waals surface area contributed by atoms with Gasteiger partial charge in [-0.3, -0.25) is 14.5 Å². The zero-order chi connectivity index (χ0) is 31.4. The van der Waals surface area contributed by atoms with Gasteiger partial charge in [0.25, 0.3) is 11.8 Å². The van der Waals surface area contributed by atoms with Gasteiger partial charge in [-0.05, 0) is 59.9 Å². The van der Waals surface area contributed by atoms with E-state index in [9.17, 15) is 22.8 Å². The number of halogens is 3. The molecular weight excluding hydrogens is 597 g/mol. The van der Waals surface area contributed by atoms with Crippen molar-refractivity contribution < 1.29 is 22.8 Å². The number of nitrogens with zero attached hydrogens (tertiary/aromatic N) is 4. The molecule has 1 fully saturated rings. The Bertz CT molecular complexity index is 1770. The fourth-order valence-electron chi connectivity index (χ4n) is 5.51. The summed E-state index contributed by atoms with van der Waals surface area (Å²) in [4.78, 5) is 39.8. The lowest BCUT2D eigenvalue weighted by molar-refractivity contribution is -0.137. The highest BCUT2D eigenvalue weighted by Gasteiger charge is 2.31. The van der Waals surface area contributed by atoms with Crippen LogP contribution < -0.4 is 4.90 Å². The number of thiazole rings is 1.